The molecule has 0 aliphatic rings. The molecule has 1 atom stereocenters. The number of ether oxygens (including phenoxy) is 2. The van der Waals surface area contributed by atoms with E-state index in [-0.39, 0.29) is 11.9 Å². The van der Waals surface area contributed by atoms with Gasteiger partial charge in [0, 0.05) is 20.2 Å². The molecular weight excluding hydrogens is 297 g/mol. The summed E-state index contributed by atoms with van der Waals surface area (Å²) in [4.78, 5) is 4.15. The maximum Gasteiger partial charge on any atom is 0.191 e. The Hall–Kier alpha value is -1.82. The summed E-state index contributed by atoms with van der Waals surface area (Å²) in [6.45, 7) is 6.83. The minimum absolute atomic E-state index is 0.0696. The van der Waals surface area contributed by atoms with Gasteiger partial charge < -0.3 is 20.1 Å². The predicted molar refractivity (Wildman–Crippen MR) is 91.6 cm³/mol. The second kappa shape index (κ2) is 11.7. The van der Waals surface area contributed by atoms with Gasteiger partial charge in [0.05, 0.1) is 13.2 Å². The van der Waals surface area contributed by atoms with E-state index in [0.717, 1.165) is 19.4 Å². The molecule has 130 valence electrons. The van der Waals surface area contributed by atoms with Gasteiger partial charge in [-0.1, -0.05) is 13.3 Å². The summed E-state index contributed by atoms with van der Waals surface area (Å²) < 4.78 is 24.0. The Bertz CT molecular complexity index is 452. The third-order valence-corrected chi connectivity index (χ3v) is 3.11. The average Bonchev–Trinajstić information content (AvgIpc) is 2.55. The highest BCUT2D eigenvalue weighted by molar-refractivity contribution is 5.79. The zero-order valence-electron chi connectivity index (χ0n) is 14.3. The zero-order chi connectivity index (χ0) is 16.9. The number of unbranched alkanes of at least 4 members (excludes halogenated alkanes) is 1. The van der Waals surface area contributed by atoms with E-state index in [1.165, 1.54) is 12.1 Å². The number of hydrogen-bond donors (Lipinski definition) is 2. The van der Waals surface area contributed by atoms with E-state index in [0.29, 0.717) is 31.4 Å². The Balaban J connectivity index is 2.19. The summed E-state index contributed by atoms with van der Waals surface area (Å²) in [7, 11) is 1.72. The van der Waals surface area contributed by atoms with Gasteiger partial charge in [0.2, 0.25) is 0 Å². The van der Waals surface area contributed by atoms with Crippen LogP contribution in [0.5, 0.6) is 5.75 Å². The van der Waals surface area contributed by atoms with Crippen LogP contribution in [0.3, 0.4) is 0 Å². The van der Waals surface area contributed by atoms with Gasteiger partial charge in [0.1, 0.15) is 17.7 Å². The standard InChI is InChI=1S/C17H28FN3O2/c1-4-5-11-22-12-10-20-17(19-3)21-13-14(2)23-16-8-6-15(18)7-9-16/h6-9,14H,4-5,10-13H2,1-3H3,(H2,19,20,21). The summed E-state index contributed by atoms with van der Waals surface area (Å²) in [5.41, 5.74) is 0. The third-order valence-electron chi connectivity index (χ3n) is 3.11. The number of rotatable bonds is 10. The Morgan fingerprint density at radius 2 is 1.96 bits per heavy atom. The van der Waals surface area contributed by atoms with Crippen LogP contribution < -0.4 is 15.4 Å². The Labute approximate surface area is 138 Å². The van der Waals surface area contributed by atoms with E-state index in [2.05, 4.69) is 22.5 Å². The van der Waals surface area contributed by atoms with Crippen LogP contribution in [0.2, 0.25) is 0 Å². The van der Waals surface area contributed by atoms with Gasteiger partial charge in [-0.25, -0.2) is 4.39 Å². The molecule has 2 N–H and O–H groups in total. The molecule has 23 heavy (non-hydrogen) atoms. The first-order valence-electron chi connectivity index (χ1n) is 8.10. The Morgan fingerprint density at radius 1 is 1.22 bits per heavy atom. The van der Waals surface area contributed by atoms with Gasteiger partial charge in [-0.2, -0.15) is 0 Å². The smallest absolute Gasteiger partial charge is 0.191 e. The molecule has 0 fully saturated rings. The van der Waals surface area contributed by atoms with Crippen molar-refractivity contribution in [1.29, 1.82) is 0 Å². The highest BCUT2D eigenvalue weighted by Crippen LogP contribution is 2.12. The maximum atomic E-state index is 12.8. The quantitative estimate of drug-likeness (QED) is 0.394. The number of nitrogens with one attached hydrogen (secondary N) is 2. The largest absolute Gasteiger partial charge is 0.489 e. The Kier molecular flexibility index (Phi) is 9.79. The topological polar surface area (TPSA) is 54.9 Å². The maximum absolute atomic E-state index is 12.8. The lowest BCUT2D eigenvalue weighted by atomic mass is 10.3. The fourth-order valence-corrected chi connectivity index (χ4v) is 1.84. The molecule has 0 heterocycles. The van der Waals surface area contributed by atoms with E-state index in [1.54, 1.807) is 19.2 Å². The minimum atomic E-state index is -0.270. The van der Waals surface area contributed by atoms with Crippen molar-refractivity contribution in [1.82, 2.24) is 10.6 Å². The zero-order valence-corrected chi connectivity index (χ0v) is 14.3. The lowest BCUT2D eigenvalue weighted by molar-refractivity contribution is 0.136. The van der Waals surface area contributed by atoms with Crippen molar-refractivity contribution in [3.8, 4) is 5.75 Å². The summed E-state index contributed by atoms with van der Waals surface area (Å²) in [6, 6.07) is 6.00. The summed E-state index contributed by atoms with van der Waals surface area (Å²) >= 11 is 0. The molecule has 1 unspecified atom stereocenters. The molecular formula is C17H28FN3O2. The molecule has 1 aromatic rings. The fourth-order valence-electron chi connectivity index (χ4n) is 1.84. The van der Waals surface area contributed by atoms with Crippen LogP contribution in [-0.4, -0.2) is 45.4 Å². The van der Waals surface area contributed by atoms with Crippen molar-refractivity contribution in [2.24, 2.45) is 4.99 Å². The van der Waals surface area contributed by atoms with Crippen LogP contribution in [0.15, 0.2) is 29.3 Å². The van der Waals surface area contributed by atoms with Crippen molar-refractivity contribution in [2.45, 2.75) is 32.8 Å². The molecule has 5 nitrogen and oxygen atoms in total. The van der Waals surface area contributed by atoms with Gasteiger partial charge >= 0.3 is 0 Å². The number of halogens is 1. The van der Waals surface area contributed by atoms with E-state index < -0.39 is 0 Å². The van der Waals surface area contributed by atoms with Gasteiger partial charge in [-0.05, 0) is 37.6 Å². The first kappa shape index (κ1) is 19.2. The molecule has 0 aliphatic carbocycles. The van der Waals surface area contributed by atoms with Crippen LogP contribution in [0.25, 0.3) is 0 Å². The van der Waals surface area contributed by atoms with Crippen molar-refractivity contribution < 1.29 is 13.9 Å². The first-order valence-corrected chi connectivity index (χ1v) is 8.10. The Morgan fingerprint density at radius 3 is 2.61 bits per heavy atom. The molecule has 0 saturated heterocycles. The van der Waals surface area contributed by atoms with E-state index in [4.69, 9.17) is 9.47 Å². The lowest BCUT2D eigenvalue weighted by Gasteiger charge is -2.17. The molecule has 1 aromatic carbocycles. The number of hydrogen-bond acceptors (Lipinski definition) is 3. The van der Waals surface area contributed by atoms with Crippen molar-refractivity contribution >= 4 is 5.96 Å². The number of aliphatic imine (C=N–C) groups is 1. The van der Waals surface area contributed by atoms with Crippen molar-refractivity contribution in [3.63, 3.8) is 0 Å². The lowest BCUT2D eigenvalue weighted by Crippen LogP contribution is -2.42. The fraction of sp³-hybridized carbons (Fsp3) is 0.588. The molecule has 0 bridgehead atoms. The predicted octanol–water partition coefficient (Wildman–Crippen LogP) is 2.57. The van der Waals surface area contributed by atoms with Crippen molar-refractivity contribution in [3.05, 3.63) is 30.1 Å². The van der Waals surface area contributed by atoms with E-state index in [9.17, 15) is 4.39 Å². The normalized spacial score (nSPS) is 12.8. The molecule has 0 spiro atoms. The highest BCUT2D eigenvalue weighted by Gasteiger charge is 2.05. The van der Waals surface area contributed by atoms with Crippen LogP contribution in [0.1, 0.15) is 26.7 Å². The SMILES string of the molecule is CCCCOCCNC(=NC)NCC(C)Oc1ccc(F)cc1. The average molecular weight is 325 g/mol. The molecule has 0 saturated carbocycles. The summed E-state index contributed by atoms with van der Waals surface area (Å²) in [5, 5.41) is 6.37. The van der Waals surface area contributed by atoms with Crippen molar-refractivity contribution in [2.75, 3.05) is 33.4 Å². The van der Waals surface area contributed by atoms with Gasteiger partial charge in [0.15, 0.2) is 5.96 Å². The second-order valence-corrected chi connectivity index (χ2v) is 5.23. The minimum Gasteiger partial charge on any atom is -0.489 e. The van der Waals surface area contributed by atoms with Gasteiger partial charge in [-0.15, -0.1) is 0 Å². The summed E-state index contributed by atoms with van der Waals surface area (Å²) in [5.74, 6) is 1.08. The molecule has 0 amide bonds. The third kappa shape index (κ3) is 9.03. The van der Waals surface area contributed by atoms with Crippen LogP contribution in [-0.2, 0) is 4.74 Å². The first-order chi connectivity index (χ1) is 11.2. The molecule has 6 heteroatoms. The number of nitrogens with zero attached hydrogens (tertiary/aromatic N) is 1. The highest BCUT2D eigenvalue weighted by atomic mass is 19.1. The van der Waals surface area contributed by atoms with Crippen LogP contribution in [0.4, 0.5) is 4.39 Å². The number of benzene rings is 1. The molecule has 0 radical (unpaired) electrons. The van der Waals surface area contributed by atoms with E-state index in [1.807, 2.05) is 6.92 Å². The second-order valence-electron chi connectivity index (χ2n) is 5.23. The van der Waals surface area contributed by atoms with Gasteiger partial charge in [0.25, 0.3) is 0 Å². The monoisotopic (exact) mass is 325 g/mol. The van der Waals surface area contributed by atoms with E-state index >= 15 is 0 Å². The van der Waals surface area contributed by atoms with Crippen LogP contribution in [0, 0.1) is 5.82 Å². The molecule has 0 aromatic heterocycles. The van der Waals surface area contributed by atoms with Crippen LogP contribution >= 0.6 is 0 Å². The molecule has 1 rings (SSSR count). The summed E-state index contributed by atoms with van der Waals surface area (Å²) in [6.07, 6.45) is 2.16. The number of guanidine groups is 1. The van der Waals surface area contributed by atoms with Gasteiger partial charge in [-0.3, -0.25) is 4.99 Å². The molecule has 0 aliphatic heterocycles.